The van der Waals surface area contributed by atoms with Crippen molar-refractivity contribution >= 4 is 11.2 Å². The highest BCUT2D eigenvalue weighted by molar-refractivity contribution is 5.70. The molecule has 3 aromatic rings. The highest BCUT2D eigenvalue weighted by Crippen LogP contribution is 2.29. The Kier molecular flexibility index (Phi) is 4.62. The summed E-state index contributed by atoms with van der Waals surface area (Å²) in [4.78, 5) is 22.5. The lowest BCUT2D eigenvalue weighted by Gasteiger charge is -2.22. The molecule has 2 aromatic heterocycles. The highest BCUT2D eigenvalue weighted by Gasteiger charge is 2.24. The number of hydrogen-bond donors (Lipinski definition) is 0. The van der Waals surface area contributed by atoms with Gasteiger partial charge in [0, 0.05) is 38.6 Å². The van der Waals surface area contributed by atoms with Gasteiger partial charge in [-0.1, -0.05) is 6.07 Å². The molecule has 0 aliphatic carbocycles. The minimum absolute atomic E-state index is 0.00621. The molecule has 0 radical (unpaired) electrons. The van der Waals surface area contributed by atoms with Crippen LogP contribution < -0.4 is 10.4 Å². The van der Waals surface area contributed by atoms with Crippen molar-refractivity contribution < 1.29 is 9.47 Å². The number of fused-ring (bicyclic) bond motifs is 2. The Bertz CT molecular complexity index is 1130. The van der Waals surface area contributed by atoms with Crippen molar-refractivity contribution in [3.8, 4) is 5.75 Å². The summed E-state index contributed by atoms with van der Waals surface area (Å²) in [6.07, 6.45) is 5.09. The Labute approximate surface area is 169 Å². The molecule has 1 aromatic carbocycles. The number of rotatable bonds is 4. The summed E-state index contributed by atoms with van der Waals surface area (Å²) in [5.41, 5.74) is 5.21. The van der Waals surface area contributed by atoms with Crippen LogP contribution in [0.2, 0.25) is 0 Å². The molecule has 4 heterocycles. The lowest BCUT2D eigenvalue weighted by molar-refractivity contribution is 0.0694. The third-order valence-electron chi connectivity index (χ3n) is 6.12. The monoisotopic (exact) mass is 394 g/mol. The molecule has 0 bridgehead atoms. The number of ether oxygens (including phenoxy) is 2. The van der Waals surface area contributed by atoms with Crippen LogP contribution >= 0.6 is 0 Å². The summed E-state index contributed by atoms with van der Waals surface area (Å²) in [5.74, 6) is 1.74. The minimum Gasteiger partial charge on any atom is -0.493 e. The van der Waals surface area contributed by atoms with Crippen LogP contribution in [-0.2, 0) is 24.1 Å². The van der Waals surface area contributed by atoms with E-state index in [1.54, 1.807) is 4.57 Å². The lowest BCUT2D eigenvalue weighted by Crippen LogP contribution is -2.30. The Morgan fingerprint density at radius 2 is 2.03 bits per heavy atom. The van der Waals surface area contributed by atoms with Crippen molar-refractivity contribution in [2.75, 3.05) is 19.8 Å². The standard InChI is InChI=1S/C22H26N4O3/c1-3-25-18-13-23-20(12-16-11-15-4-9-29-19(15)10-14(16)2)24-21(18)26(22(25)27)17-5-7-28-8-6-17/h10-11,13,17H,3-9,12H2,1-2H3. The van der Waals surface area contributed by atoms with Gasteiger partial charge in [0.25, 0.3) is 0 Å². The Balaban J connectivity index is 1.57. The molecule has 2 aliphatic heterocycles. The molecule has 29 heavy (non-hydrogen) atoms. The SMILES string of the molecule is CCn1c(=O)n(C2CCOCC2)c2nc(Cc3cc4c(cc3C)OCC4)ncc21. The van der Waals surface area contributed by atoms with Crippen LogP contribution in [0, 0.1) is 6.92 Å². The van der Waals surface area contributed by atoms with Crippen molar-refractivity contribution in [3.63, 3.8) is 0 Å². The van der Waals surface area contributed by atoms with E-state index in [0.29, 0.717) is 26.2 Å². The first-order chi connectivity index (χ1) is 14.2. The summed E-state index contributed by atoms with van der Waals surface area (Å²) >= 11 is 0. The van der Waals surface area contributed by atoms with Gasteiger partial charge in [-0.25, -0.2) is 14.8 Å². The number of imidazole rings is 1. The molecule has 0 unspecified atom stereocenters. The van der Waals surface area contributed by atoms with Gasteiger partial charge in [-0.3, -0.25) is 9.13 Å². The van der Waals surface area contributed by atoms with E-state index in [1.807, 2.05) is 17.7 Å². The molecule has 5 rings (SSSR count). The van der Waals surface area contributed by atoms with Crippen molar-refractivity contribution in [3.05, 3.63) is 51.3 Å². The fourth-order valence-electron chi connectivity index (χ4n) is 4.50. The first-order valence-corrected chi connectivity index (χ1v) is 10.4. The molecule has 7 heteroatoms. The zero-order valence-electron chi connectivity index (χ0n) is 17.0. The normalized spacial score (nSPS) is 16.9. The van der Waals surface area contributed by atoms with Crippen molar-refractivity contribution in [2.24, 2.45) is 0 Å². The van der Waals surface area contributed by atoms with E-state index in [2.05, 4.69) is 24.0 Å². The summed E-state index contributed by atoms with van der Waals surface area (Å²) in [6, 6.07) is 4.46. The lowest BCUT2D eigenvalue weighted by atomic mass is 10.0. The van der Waals surface area contributed by atoms with E-state index < -0.39 is 0 Å². The second kappa shape index (κ2) is 7.30. The largest absolute Gasteiger partial charge is 0.493 e. The van der Waals surface area contributed by atoms with Gasteiger partial charge in [0.15, 0.2) is 5.65 Å². The molecule has 7 nitrogen and oxygen atoms in total. The van der Waals surface area contributed by atoms with Crippen molar-refractivity contribution in [1.29, 1.82) is 0 Å². The second-order valence-electron chi connectivity index (χ2n) is 7.90. The van der Waals surface area contributed by atoms with E-state index >= 15 is 0 Å². The topological polar surface area (TPSA) is 71.2 Å². The molecule has 0 amide bonds. The number of aromatic nitrogens is 4. The minimum atomic E-state index is 0.00621. The Hall–Kier alpha value is -2.67. The zero-order chi connectivity index (χ0) is 20.0. The van der Waals surface area contributed by atoms with E-state index in [9.17, 15) is 4.79 Å². The Morgan fingerprint density at radius 1 is 1.21 bits per heavy atom. The number of hydrogen-bond acceptors (Lipinski definition) is 5. The maximum atomic E-state index is 13.1. The molecule has 0 atom stereocenters. The van der Waals surface area contributed by atoms with E-state index in [-0.39, 0.29) is 11.7 Å². The van der Waals surface area contributed by atoms with Crippen molar-refractivity contribution in [1.82, 2.24) is 19.1 Å². The molecule has 0 N–H and O–H groups in total. The smallest absolute Gasteiger partial charge is 0.330 e. The molecule has 0 spiro atoms. The van der Waals surface area contributed by atoms with Gasteiger partial charge >= 0.3 is 5.69 Å². The fraction of sp³-hybridized carbons (Fsp3) is 0.500. The molecule has 0 saturated carbocycles. The number of benzene rings is 1. The van der Waals surface area contributed by atoms with Crippen LogP contribution in [-0.4, -0.2) is 38.9 Å². The van der Waals surface area contributed by atoms with Crippen LogP contribution in [0.3, 0.4) is 0 Å². The van der Waals surface area contributed by atoms with E-state index in [1.165, 1.54) is 16.7 Å². The van der Waals surface area contributed by atoms with Gasteiger partial charge in [-0.15, -0.1) is 0 Å². The van der Waals surface area contributed by atoms with E-state index in [0.717, 1.165) is 48.6 Å². The number of aryl methyl sites for hydroxylation is 2. The zero-order valence-corrected chi connectivity index (χ0v) is 17.0. The van der Waals surface area contributed by atoms with Gasteiger partial charge in [0.05, 0.1) is 12.8 Å². The number of nitrogens with zero attached hydrogens (tertiary/aromatic N) is 4. The first-order valence-electron chi connectivity index (χ1n) is 10.4. The third kappa shape index (κ3) is 3.13. The molecule has 2 aliphatic rings. The summed E-state index contributed by atoms with van der Waals surface area (Å²) < 4.78 is 14.8. The van der Waals surface area contributed by atoms with Crippen LogP contribution in [0.25, 0.3) is 11.2 Å². The maximum Gasteiger partial charge on any atom is 0.330 e. The molecule has 1 fully saturated rings. The average Bonchev–Trinajstić information content (AvgIpc) is 3.29. The fourth-order valence-corrected chi connectivity index (χ4v) is 4.50. The second-order valence-corrected chi connectivity index (χ2v) is 7.90. The van der Waals surface area contributed by atoms with Gasteiger partial charge in [0.2, 0.25) is 0 Å². The summed E-state index contributed by atoms with van der Waals surface area (Å²) in [6.45, 7) is 6.82. The predicted octanol–water partition coefficient (Wildman–Crippen LogP) is 2.80. The highest BCUT2D eigenvalue weighted by atomic mass is 16.5. The molecular formula is C22H26N4O3. The average molecular weight is 394 g/mol. The molecular weight excluding hydrogens is 368 g/mol. The van der Waals surface area contributed by atoms with Gasteiger partial charge in [-0.05, 0) is 49.4 Å². The molecule has 152 valence electrons. The third-order valence-corrected chi connectivity index (χ3v) is 6.12. The predicted molar refractivity (Wildman–Crippen MR) is 110 cm³/mol. The quantitative estimate of drug-likeness (QED) is 0.681. The van der Waals surface area contributed by atoms with Crippen molar-refractivity contribution in [2.45, 2.75) is 52.1 Å². The van der Waals surface area contributed by atoms with Crippen LogP contribution in [0.15, 0.2) is 23.1 Å². The van der Waals surface area contributed by atoms with E-state index in [4.69, 9.17) is 14.5 Å². The van der Waals surface area contributed by atoms with Gasteiger partial charge < -0.3 is 9.47 Å². The van der Waals surface area contributed by atoms with Crippen LogP contribution in [0.1, 0.15) is 48.3 Å². The Morgan fingerprint density at radius 3 is 2.83 bits per heavy atom. The van der Waals surface area contributed by atoms with Crippen LogP contribution in [0.4, 0.5) is 0 Å². The maximum absolute atomic E-state index is 13.1. The molecule has 1 saturated heterocycles. The summed E-state index contributed by atoms with van der Waals surface area (Å²) in [7, 11) is 0. The first kappa shape index (κ1) is 18.4. The summed E-state index contributed by atoms with van der Waals surface area (Å²) in [5, 5.41) is 0. The van der Waals surface area contributed by atoms with Crippen LogP contribution in [0.5, 0.6) is 5.75 Å². The van der Waals surface area contributed by atoms with Gasteiger partial charge in [0.1, 0.15) is 17.1 Å². The van der Waals surface area contributed by atoms with Gasteiger partial charge in [-0.2, -0.15) is 0 Å².